The third-order valence-corrected chi connectivity index (χ3v) is 5.99. The van der Waals surface area contributed by atoms with Gasteiger partial charge in [0.1, 0.15) is 10.0 Å². The number of nitrogens with one attached hydrogen (secondary N) is 2. The molecule has 0 aliphatic rings. The molecule has 1 aromatic heterocycles. The highest BCUT2D eigenvalue weighted by molar-refractivity contribution is 7.91. The summed E-state index contributed by atoms with van der Waals surface area (Å²) in [5.41, 5.74) is 1.20. The van der Waals surface area contributed by atoms with E-state index in [1.54, 1.807) is 30.5 Å². The maximum Gasteiger partial charge on any atom is 0.250 e. The van der Waals surface area contributed by atoms with Gasteiger partial charge in [-0.25, -0.2) is 17.5 Å². The molecule has 0 unspecified atom stereocenters. The summed E-state index contributed by atoms with van der Waals surface area (Å²) in [6, 6.07) is 7.89. The number of benzene rings is 1. The van der Waals surface area contributed by atoms with Gasteiger partial charge >= 0.3 is 0 Å². The highest BCUT2D eigenvalue weighted by Gasteiger charge is 2.14. The van der Waals surface area contributed by atoms with Crippen molar-refractivity contribution in [1.29, 1.82) is 0 Å². The number of halogens is 1. The predicted octanol–water partition coefficient (Wildman–Crippen LogP) is 2.18. The topological polar surface area (TPSA) is 75.3 Å². The molecule has 1 heterocycles. The van der Waals surface area contributed by atoms with Gasteiger partial charge in [0.05, 0.1) is 0 Å². The summed E-state index contributed by atoms with van der Waals surface area (Å²) in [4.78, 5) is 11.7. The summed E-state index contributed by atoms with van der Waals surface area (Å²) < 4.78 is 39.7. The Balaban J connectivity index is 1.76. The van der Waals surface area contributed by atoms with Gasteiger partial charge in [-0.2, -0.15) is 0 Å². The second-order valence-corrected chi connectivity index (χ2v) is 7.88. The van der Waals surface area contributed by atoms with Gasteiger partial charge < -0.3 is 5.32 Å². The van der Waals surface area contributed by atoms with Crippen LogP contribution in [0.1, 0.15) is 17.5 Å². The molecule has 0 aliphatic carbocycles. The molecule has 1 aromatic carbocycles. The van der Waals surface area contributed by atoms with Gasteiger partial charge in [0.2, 0.25) is 15.9 Å². The van der Waals surface area contributed by atoms with Crippen molar-refractivity contribution in [2.75, 3.05) is 6.54 Å². The second-order valence-electron chi connectivity index (χ2n) is 4.94. The molecule has 2 N–H and O–H groups in total. The average molecular weight is 356 g/mol. The molecule has 0 atom stereocenters. The summed E-state index contributed by atoms with van der Waals surface area (Å²) in [5, 5.41) is 4.30. The van der Waals surface area contributed by atoms with E-state index >= 15 is 0 Å². The fourth-order valence-corrected chi connectivity index (χ4v) is 3.89. The van der Waals surface area contributed by atoms with Crippen LogP contribution in [-0.2, 0) is 21.4 Å². The van der Waals surface area contributed by atoms with Crippen LogP contribution in [0.2, 0.25) is 0 Å². The molecular formula is C15H17FN2O3S2. The molecule has 1 amide bonds. The van der Waals surface area contributed by atoms with Crippen molar-refractivity contribution in [3.63, 3.8) is 0 Å². The molecule has 8 heteroatoms. The quantitative estimate of drug-likeness (QED) is 0.798. The number of amides is 1. The lowest BCUT2D eigenvalue weighted by Gasteiger charge is -2.07. The summed E-state index contributed by atoms with van der Waals surface area (Å²) in [6.07, 6.45) is 0.0128. The van der Waals surface area contributed by atoms with E-state index in [1.807, 2.05) is 0 Å². The summed E-state index contributed by atoms with van der Waals surface area (Å²) in [6.45, 7) is 1.87. The highest BCUT2D eigenvalue weighted by atomic mass is 32.2. The lowest BCUT2D eigenvalue weighted by atomic mass is 10.1. The molecule has 0 radical (unpaired) electrons. The number of thiophene rings is 1. The maximum absolute atomic E-state index is 13.4. The second kappa shape index (κ2) is 7.67. The van der Waals surface area contributed by atoms with Gasteiger partial charge in [-0.05, 0) is 35.6 Å². The summed E-state index contributed by atoms with van der Waals surface area (Å²) >= 11 is 1.11. The Labute approximate surface area is 138 Å². The number of hydrogen-bond donors (Lipinski definition) is 2. The molecule has 124 valence electrons. The van der Waals surface area contributed by atoms with Gasteiger partial charge in [-0.1, -0.05) is 18.2 Å². The van der Waals surface area contributed by atoms with Crippen molar-refractivity contribution >= 4 is 27.3 Å². The lowest BCUT2D eigenvalue weighted by molar-refractivity contribution is -0.121. The zero-order valence-corrected chi connectivity index (χ0v) is 14.1. The van der Waals surface area contributed by atoms with Crippen molar-refractivity contribution in [3.8, 4) is 0 Å². The average Bonchev–Trinajstić information content (AvgIpc) is 3.03. The van der Waals surface area contributed by atoms with E-state index in [2.05, 4.69) is 10.0 Å². The summed E-state index contributed by atoms with van der Waals surface area (Å²) in [7, 11) is -3.55. The Hall–Kier alpha value is -1.77. The zero-order chi connectivity index (χ0) is 16.9. The lowest BCUT2D eigenvalue weighted by Crippen LogP contribution is -2.30. The Kier molecular flexibility index (Phi) is 5.86. The molecule has 2 rings (SSSR count). The van der Waals surface area contributed by atoms with Gasteiger partial charge in [0.25, 0.3) is 0 Å². The molecule has 23 heavy (non-hydrogen) atoms. The van der Waals surface area contributed by atoms with E-state index < -0.39 is 10.0 Å². The van der Waals surface area contributed by atoms with Crippen molar-refractivity contribution in [3.05, 3.63) is 52.7 Å². The fourth-order valence-electron chi connectivity index (χ4n) is 1.82. The third kappa shape index (κ3) is 5.12. The standard InChI is InChI=1S/C15H17FN2O3S2/c1-11-4-5-12(9-13(11)16)10-17-14(19)6-7-18-23(20,21)15-3-2-8-22-15/h2-5,8-9,18H,6-7,10H2,1H3,(H,17,19). The Morgan fingerprint density at radius 1 is 1.30 bits per heavy atom. The van der Waals surface area contributed by atoms with Crippen molar-refractivity contribution < 1.29 is 17.6 Å². The van der Waals surface area contributed by atoms with Gasteiger partial charge in [-0.3, -0.25) is 4.79 Å². The number of sulfonamides is 1. The molecule has 0 fully saturated rings. The first-order valence-corrected chi connectivity index (χ1v) is 9.29. The van der Waals surface area contributed by atoms with Crippen LogP contribution in [-0.4, -0.2) is 20.9 Å². The molecule has 2 aromatic rings. The first-order valence-electron chi connectivity index (χ1n) is 6.93. The van der Waals surface area contributed by atoms with E-state index in [0.29, 0.717) is 11.1 Å². The SMILES string of the molecule is Cc1ccc(CNC(=O)CCNS(=O)(=O)c2cccs2)cc1F. The summed E-state index contributed by atoms with van der Waals surface area (Å²) in [5.74, 6) is -0.625. The minimum Gasteiger partial charge on any atom is -0.352 e. The number of carbonyl (C=O) groups excluding carboxylic acids is 1. The Morgan fingerprint density at radius 2 is 2.09 bits per heavy atom. The largest absolute Gasteiger partial charge is 0.352 e. The minimum atomic E-state index is -3.55. The molecule has 0 saturated heterocycles. The molecule has 0 bridgehead atoms. The molecular weight excluding hydrogens is 339 g/mol. The first kappa shape index (κ1) is 17.6. The van der Waals surface area contributed by atoms with Gasteiger partial charge in [0.15, 0.2) is 0 Å². The van der Waals surface area contributed by atoms with Crippen LogP contribution in [0.3, 0.4) is 0 Å². The third-order valence-electron chi connectivity index (χ3n) is 3.13. The molecule has 0 aliphatic heterocycles. The van der Waals surface area contributed by atoms with Crippen molar-refractivity contribution in [2.45, 2.75) is 24.1 Å². The molecule has 5 nitrogen and oxygen atoms in total. The van der Waals surface area contributed by atoms with Crippen LogP contribution in [0.25, 0.3) is 0 Å². The van der Waals surface area contributed by atoms with Crippen LogP contribution < -0.4 is 10.0 Å². The van der Waals surface area contributed by atoms with E-state index in [1.165, 1.54) is 12.1 Å². The van der Waals surface area contributed by atoms with E-state index in [4.69, 9.17) is 0 Å². The zero-order valence-electron chi connectivity index (χ0n) is 12.5. The minimum absolute atomic E-state index is 0.00826. The van der Waals surface area contributed by atoms with Crippen LogP contribution in [0.5, 0.6) is 0 Å². The van der Waals surface area contributed by atoms with Crippen LogP contribution in [0, 0.1) is 12.7 Å². The number of carbonyl (C=O) groups is 1. The number of rotatable bonds is 7. The van der Waals surface area contributed by atoms with Crippen molar-refractivity contribution in [2.24, 2.45) is 0 Å². The maximum atomic E-state index is 13.4. The smallest absolute Gasteiger partial charge is 0.250 e. The van der Waals surface area contributed by atoms with Gasteiger partial charge in [0, 0.05) is 19.5 Å². The monoisotopic (exact) mass is 356 g/mol. The Morgan fingerprint density at radius 3 is 2.74 bits per heavy atom. The highest BCUT2D eigenvalue weighted by Crippen LogP contribution is 2.15. The molecule has 0 saturated carbocycles. The van der Waals surface area contributed by atoms with Crippen LogP contribution >= 0.6 is 11.3 Å². The van der Waals surface area contributed by atoms with E-state index in [-0.39, 0.29) is 35.4 Å². The predicted molar refractivity (Wildman–Crippen MR) is 87.1 cm³/mol. The van der Waals surface area contributed by atoms with Gasteiger partial charge in [-0.15, -0.1) is 11.3 Å². The van der Waals surface area contributed by atoms with Crippen LogP contribution in [0.15, 0.2) is 39.9 Å². The number of hydrogen-bond acceptors (Lipinski definition) is 4. The first-order chi connectivity index (χ1) is 10.9. The van der Waals surface area contributed by atoms with Crippen molar-refractivity contribution in [1.82, 2.24) is 10.0 Å². The van der Waals surface area contributed by atoms with E-state index in [0.717, 1.165) is 11.3 Å². The normalized spacial score (nSPS) is 11.4. The fraction of sp³-hybridized carbons (Fsp3) is 0.267. The Bertz CT molecular complexity index is 774. The molecule has 0 spiro atoms. The number of aryl methyl sites for hydroxylation is 1. The van der Waals surface area contributed by atoms with Crippen LogP contribution in [0.4, 0.5) is 4.39 Å². The van der Waals surface area contributed by atoms with E-state index in [9.17, 15) is 17.6 Å².